The van der Waals surface area contributed by atoms with Gasteiger partial charge in [-0.1, -0.05) is 17.8 Å². The molecule has 0 saturated carbocycles. The van der Waals surface area contributed by atoms with Crippen LogP contribution in [0, 0.1) is 5.82 Å². The van der Waals surface area contributed by atoms with Crippen molar-refractivity contribution in [3.8, 4) is 0 Å². The van der Waals surface area contributed by atoms with E-state index in [0.717, 1.165) is 18.3 Å². The van der Waals surface area contributed by atoms with Crippen LogP contribution in [0.2, 0.25) is 0 Å². The van der Waals surface area contributed by atoms with E-state index in [1.165, 1.54) is 6.07 Å². The Hall–Kier alpha value is -1.60. The summed E-state index contributed by atoms with van der Waals surface area (Å²) in [5.74, 6) is -1.39. The fraction of sp³-hybridized carbons (Fsp3) is 0.385. The van der Waals surface area contributed by atoms with Crippen LogP contribution >= 0.6 is 11.8 Å². The van der Waals surface area contributed by atoms with Gasteiger partial charge >= 0.3 is 5.97 Å². The van der Waals surface area contributed by atoms with Gasteiger partial charge in [0, 0.05) is 13.1 Å². The number of rotatable bonds is 6. The van der Waals surface area contributed by atoms with E-state index in [4.69, 9.17) is 5.11 Å². The molecule has 0 aliphatic rings. The molecule has 5 nitrogen and oxygen atoms in total. The van der Waals surface area contributed by atoms with Gasteiger partial charge in [0.15, 0.2) is 11.0 Å². The van der Waals surface area contributed by atoms with Crippen LogP contribution in [0.1, 0.15) is 0 Å². The highest BCUT2D eigenvalue weighted by molar-refractivity contribution is 7.99. The Kier molecular flexibility index (Phi) is 4.61. The number of para-hydroxylation sites is 1. The lowest BCUT2D eigenvalue weighted by molar-refractivity contribution is -0.133. The number of imidazole rings is 1. The first-order chi connectivity index (χ1) is 9.49. The third-order valence-corrected chi connectivity index (χ3v) is 3.75. The van der Waals surface area contributed by atoms with Gasteiger partial charge in [0.05, 0.1) is 11.3 Å². The fourth-order valence-electron chi connectivity index (χ4n) is 1.84. The van der Waals surface area contributed by atoms with E-state index in [-0.39, 0.29) is 11.6 Å². The zero-order valence-corrected chi connectivity index (χ0v) is 12.2. The molecule has 2 aromatic rings. The molecule has 0 aliphatic heterocycles. The number of hydrogen-bond acceptors (Lipinski definition) is 4. The van der Waals surface area contributed by atoms with Gasteiger partial charge in [-0.25, -0.2) is 9.37 Å². The molecule has 0 fully saturated rings. The summed E-state index contributed by atoms with van der Waals surface area (Å²) in [4.78, 5) is 16.9. The van der Waals surface area contributed by atoms with Crippen molar-refractivity contribution in [3.63, 3.8) is 0 Å². The predicted molar refractivity (Wildman–Crippen MR) is 76.6 cm³/mol. The van der Waals surface area contributed by atoms with Crippen molar-refractivity contribution < 1.29 is 14.3 Å². The Morgan fingerprint density at radius 1 is 1.50 bits per heavy atom. The molecule has 0 bridgehead atoms. The van der Waals surface area contributed by atoms with E-state index in [1.54, 1.807) is 12.1 Å². The smallest absolute Gasteiger partial charge is 0.313 e. The number of aromatic nitrogens is 2. The lowest BCUT2D eigenvalue weighted by Gasteiger charge is -2.12. The van der Waals surface area contributed by atoms with Crippen molar-refractivity contribution in [2.75, 3.05) is 26.4 Å². The Labute approximate surface area is 120 Å². The Morgan fingerprint density at radius 2 is 2.25 bits per heavy atom. The molecule has 0 radical (unpaired) electrons. The fourth-order valence-corrected chi connectivity index (χ4v) is 2.60. The lowest BCUT2D eigenvalue weighted by Crippen LogP contribution is -2.19. The van der Waals surface area contributed by atoms with Crippen LogP contribution in [0.4, 0.5) is 4.39 Å². The van der Waals surface area contributed by atoms with E-state index in [1.807, 2.05) is 23.6 Å². The van der Waals surface area contributed by atoms with Crippen molar-refractivity contribution in [1.29, 1.82) is 0 Å². The lowest BCUT2D eigenvalue weighted by atomic mass is 10.3. The second-order valence-electron chi connectivity index (χ2n) is 4.64. The summed E-state index contributed by atoms with van der Waals surface area (Å²) < 4.78 is 15.6. The van der Waals surface area contributed by atoms with E-state index in [9.17, 15) is 9.18 Å². The van der Waals surface area contributed by atoms with Gasteiger partial charge in [0.25, 0.3) is 0 Å². The zero-order valence-electron chi connectivity index (χ0n) is 11.3. The van der Waals surface area contributed by atoms with E-state index < -0.39 is 5.97 Å². The third-order valence-electron chi connectivity index (χ3n) is 2.79. The van der Waals surface area contributed by atoms with Crippen LogP contribution in [0.25, 0.3) is 11.0 Å². The number of carboxylic acid groups (broad SMARTS) is 1. The molecule has 0 unspecified atom stereocenters. The van der Waals surface area contributed by atoms with E-state index in [2.05, 4.69) is 4.98 Å². The number of carboxylic acids is 1. The molecular formula is C13H16FN3O2S. The average molecular weight is 297 g/mol. The molecule has 0 amide bonds. The van der Waals surface area contributed by atoms with E-state index >= 15 is 0 Å². The van der Waals surface area contributed by atoms with Crippen LogP contribution in [0.15, 0.2) is 23.4 Å². The number of fused-ring (bicyclic) bond motifs is 1. The molecule has 0 atom stereocenters. The number of nitrogens with zero attached hydrogens (tertiary/aromatic N) is 3. The summed E-state index contributed by atoms with van der Waals surface area (Å²) in [6, 6.07) is 4.79. The van der Waals surface area contributed by atoms with Crippen molar-refractivity contribution in [2.45, 2.75) is 11.7 Å². The van der Waals surface area contributed by atoms with Crippen LogP contribution in [-0.2, 0) is 11.3 Å². The topological polar surface area (TPSA) is 58.4 Å². The minimum atomic E-state index is -0.915. The second kappa shape index (κ2) is 6.23. The highest BCUT2D eigenvalue weighted by atomic mass is 32.2. The minimum absolute atomic E-state index is 0.0904. The van der Waals surface area contributed by atoms with Crippen molar-refractivity contribution in [1.82, 2.24) is 14.5 Å². The summed E-state index contributed by atoms with van der Waals surface area (Å²) in [5, 5.41) is 9.31. The molecule has 0 spiro atoms. The minimum Gasteiger partial charge on any atom is -0.481 e. The molecule has 1 N–H and O–H groups in total. The number of thioether (sulfide) groups is 1. The van der Waals surface area contributed by atoms with Crippen LogP contribution in [0.5, 0.6) is 0 Å². The standard InChI is InChI=1S/C13H16FN3O2S/c1-16(2)6-7-17-10-5-3-4-9(14)12(10)15-13(17)20-8-11(18)19/h3-5H,6-8H2,1-2H3,(H,18,19). The molecule has 1 heterocycles. The largest absolute Gasteiger partial charge is 0.481 e. The quantitative estimate of drug-likeness (QED) is 0.825. The molecule has 0 saturated heterocycles. The molecule has 7 heteroatoms. The third kappa shape index (κ3) is 3.29. The first kappa shape index (κ1) is 14.8. The summed E-state index contributed by atoms with van der Waals surface area (Å²) in [7, 11) is 3.90. The number of likely N-dealkylation sites (N-methyl/N-ethyl adjacent to an activating group) is 1. The number of aliphatic carboxylic acids is 1. The van der Waals surface area contributed by atoms with Gasteiger partial charge in [0.1, 0.15) is 5.52 Å². The van der Waals surface area contributed by atoms with Crippen LogP contribution in [-0.4, -0.2) is 51.9 Å². The summed E-state index contributed by atoms with van der Waals surface area (Å²) in [5.41, 5.74) is 0.985. The van der Waals surface area contributed by atoms with Gasteiger partial charge in [-0.3, -0.25) is 4.79 Å². The van der Waals surface area contributed by atoms with E-state index in [0.29, 0.717) is 22.7 Å². The van der Waals surface area contributed by atoms with Gasteiger partial charge in [-0.15, -0.1) is 0 Å². The van der Waals surface area contributed by atoms with Gasteiger partial charge < -0.3 is 14.6 Å². The molecule has 1 aromatic carbocycles. The monoisotopic (exact) mass is 297 g/mol. The zero-order chi connectivity index (χ0) is 14.7. The molecule has 20 heavy (non-hydrogen) atoms. The maximum absolute atomic E-state index is 13.8. The predicted octanol–water partition coefficient (Wildman–Crippen LogP) is 1.91. The number of halogens is 1. The summed E-state index contributed by atoms with van der Waals surface area (Å²) in [6.07, 6.45) is 0. The Balaban J connectivity index is 2.39. The Bertz CT molecular complexity index is 627. The van der Waals surface area contributed by atoms with Crippen LogP contribution in [0.3, 0.4) is 0 Å². The van der Waals surface area contributed by atoms with Crippen molar-refractivity contribution in [2.24, 2.45) is 0 Å². The maximum atomic E-state index is 13.8. The van der Waals surface area contributed by atoms with Crippen molar-refractivity contribution in [3.05, 3.63) is 24.0 Å². The summed E-state index contributed by atoms with van der Waals surface area (Å²) >= 11 is 1.11. The number of hydrogen-bond donors (Lipinski definition) is 1. The molecule has 108 valence electrons. The van der Waals surface area contributed by atoms with Gasteiger partial charge in [-0.2, -0.15) is 0 Å². The molecule has 1 aromatic heterocycles. The second-order valence-corrected chi connectivity index (χ2v) is 5.58. The number of carbonyl (C=O) groups is 1. The van der Waals surface area contributed by atoms with Crippen LogP contribution < -0.4 is 0 Å². The van der Waals surface area contributed by atoms with Crippen molar-refractivity contribution >= 4 is 28.8 Å². The highest BCUT2D eigenvalue weighted by Crippen LogP contribution is 2.25. The summed E-state index contributed by atoms with van der Waals surface area (Å²) in [6.45, 7) is 1.40. The Morgan fingerprint density at radius 3 is 2.90 bits per heavy atom. The maximum Gasteiger partial charge on any atom is 0.313 e. The van der Waals surface area contributed by atoms with Gasteiger partial charge in [-0.05, 0) is 26.2 Å². The highest BCUT2D eigenvalue weighted by Gasteiger charge is 2.15. The molecular weight excluding hydrogens is 281 g/mol. The first-order valence-electron chi connectivity index (χ1n) is 6.13. The molecule has 2 rings (SSSR count). The van der Waals surface area contributed by atoms with Gasteiger partial charge in [0.2, 0.25) is 0 Å². The first-order valence-corrected chi connectivity index (χ1v) is 7.11. The number of benzene rings is 1. The normalized spacial score (nSPS) is 11.4. The SMILES string of the molecule is CN(C)CCn1c(SCC(=O)O)nc2c(F)cccc21. The average Bonchev–Trinajstić information content (AvgIpc) is 2.73. The molecule has 0 aliphatic carbocycles.